The normalized spacial score (nSPS) is 12.4. The van der Waals surface area contributed by atoms with Gasteiger partial charge in [-0.05, 0) is 57.8 Å². The first-order valence-corrected chi connectivity index (χ1v) is 12.7. The lowest BCUT2D eigenvalue weighted by molar-refractivity contribution is 0.163. The van der Waals surface area contributed by atoms with Crippen LogP contribution in [0.2, 0.25) is 0 Å². The van der Waals surface area contributed by atoms with Gasteiger partial charge in [0.1, 0.15) is 0 Å². The van der Waals surface area contributed by atoms with Gasteiger partial charge in [0.25, 0.3) is 5.56 Å². The first-order chi connectivity index (χ1) is 17.1. The minimum Gasteiger partial charge on any atom is -0.321 e. The number of H-pyrrole nitrogens is 1. The number of aromatic nitrogens is 5. The first-order valence-electron chi connectivity index (χ1n) is 11.8. The van der Waals surface area contributed by atoms with Crippen molar-refractivity contribution in [3.8, 4) is 0 Å². The molecule has 0 aliphatic carbocycles. The Balaban J connectivity index is 1.51. The van der Waals surface area contributed by atoms with Crippen molar-refractivity contribution in [3.63, 3.8) is 0 Å². The number of nitrogens with one attached hydrogen (secondary N) is 1. The van der Waals surface area contributed by atoms with Crippen molar-refractivity contribution >= 4 is 22.2 Å². The molecule has 5 rings (SSSR count). The summed E-state index contributed by atoms with van der Waals surface area (Å²) < 4.78 is 1.87. The Hall–Kier alpha value is -3.62. The van der Waals surface area contributed by atoms with Gasteiger partial charge in [-0.2, -0.15) is 0 Å². The fourth-order valence-electron chi connectivity index (χ4n) is 4.57. The first kappa shape index (κ1) is 23.1. The van der Waals surface area contributed by atoms with Gasteiger partial charge in [0.2, 0.25) is 0 Å². The topological polar surface area (TPSA) is 79.7 Å². The van der Waals surface area contributed by atoms with Crippen LogP contribution in [-0.2, 0) is 19.6 Å². The van der Waals surface area contributed by atoms with Crippen LogP contribution in [0.1, 0.15) is 46.8 Å². The molecular weight excluding hydrogens is 456 g/mol. The van der Waals surface area contributed by atoms with Gasteiger partial charge in [0.05, 0.1) is 18.1 Å². The number of para-hydroxylation sites is 1. The highest BCUT2D eigenvalue weighted by Gasteiger charge is 2.26. The molecule has 0 spiro atoms. The number of aryl methyl sites for hydroxylation is 1. The molecule has 8 heteroatoms. The lowest BCUT2D eigenvalue weighted by Gasteiger charge is -2.30. The Labute approximate surface area is 208 Å². The Morgan fingerprint density at radius 1 is 1.06 bits per heavy atom. The molecule has 0 unspecified atom stereocenters. The average Bonchev–Trinajstić information content (AvgIpc) is 3.54. The summed E-state index contributed by atoms with van der Waals surface area (Å²) in [5.41, 5.74) is 3.78. The molecule has 7 nitrogen and oxygen atoms in total. The summed E-state index contributed by atoms with van der Waals surface area (Å²) in [6.45, 7) is 5.96. The van der Waals surface area contributed by atoms with E-state index in [2.05, 4.69) is 62.0 Å². The molecular formula is C27H28N6OS. The number of tetrazole rings is 1. The summed E-state index contributed by atoms with van der Waals surface area (Å²) in [6, 6.07) is 22.4. The van der Waals surface area contributed by atoms with E-state index in [-0.39, 0.29) is 11.6 Å². The van der Waals surface area contributed by atoms with E-state index >= 15 is 0 Å². The third-order valence-corrected chi connectivity index (χ3v) is 7.20. The Morgan fingerprint density at radius 3 is 2.69 bits per heavy atom. The van der Waals surface area contributed by atoms with Crippen LogP contribution < -0.4 is 5.56 Å². The molecule has 3 aromatic heterocycles. The van der Waals surface area contributed by atoms with E-state index in [9.17, 15) is 4.79 Å². The van der Waals surface area contributed by atoms with Crippen molar-refractivity contribution in [2.24, 2.45) is 0 Å². The van der Waals surface area contributed by atoms with Gasteiger partial charge in [-0.15, -0.1) is 16.4 Å². The van der Waals surface area contributed by atoms with E-state index < -0.39 is 0 Å². The smallest absolute Gasteiger partial charge is 0.252 e. The maximum Gasteiger partial charge on any atom is 0.252 e. The minimum atomic E-state index is -0.0540. The number of rotatable bonds is 9. The van der Waals surface area contributed by atoms with Crippen LogP contribution in [0.15, 0.2) is 76.9 Å². The SMILES string of the molecule is CC[C@H](c1nnnn1Cc1ccccc1)N(Cc1cccs1)Cc1cc2cccc(C)c2[nH]c1=O. The second-order valence-electron chi connectivity index (χ2n) is 8.75. The fraction of sp³-hybridized carbons (Fsp3) is 0.259. The van der Waals surface area contributed by atoms with E-state index in [4.69, 9.17) is 0 Å². The quantitative estimate of drug-likeness (QED) is 0.315. The molecule has 178 valence electrons. The summed E-state index contributed by atoms with van der Waals surface area (Å²) in [6.07, 6.45) is 0.811. The van der Waals surface area contributed by atoms with Crippen LogP contribution in [0.4, 0.5) is 0 Å². The van der Waals surface area contributed by atoms with Crippen molar-refractivity contribution in [2.45, 2.75) is 45.9 Å². The second kappa shape index (κ2) is 10.3. The summed E-state index contributed by atoms with van der Waals surface area (Å²) in [4.78, 5) is 19.8. The fourth-order valence-corrected chi connectivity index (χ4v) is 5.30. The number of benzene rings is 2. The zero-order chi connectivity index (χ0) is 24.2. The standard InChI is InChI=1S/C27H28N6OS/c1-3-24(26-29-30-31-33(26)16-20-10-5-4-6-11-20)32(18-23-13-8-14-35-23)17-22-15-21-12-7-9-19(2)25(21)28-27(22)34/h4-15,24H,3,16-18H2,1-2H3,(H,28,34)/t24-/m1/s1. The van der Waals surface area contributed by atoms with Gasteiger partial charge in [-0.3, -0.25) is 9.69 Å². The molecule has 0 aliphatic rings. The number of fused-ring (bicyclic) bond motifs is 1. The molecule has 5 aromatic rings. The van der Waals surface area contributed by atoms with Crippen LogP contribution >= 0.6 is 11.3 Å². The summed E-state index contributed by atoms with van der Waals surface area (Å²) in [7, 11) is 0. The van der Waals surface area contributed by atoms with Crippen LogP contribution in [0.5, 0.6) is 0 Å². The van der Waals surface area contributed by atoms with Gasteiger partial charge < -0.3 is 4.98 Å². The minimum absolute atomic E-state index is 0.0524. The van der Waals surface area contributed by atoms with E-state index in [0.29, 0.717) is 19.6 Å². The zero-order valence-corrected chi connectivity index (χ0v) is 20.7. The molecule has 0 bridgehead atoms. The third kappa shape index (κ3) is 5.08. The van der Waals surface area contributed by atoms with Crippen molar-refractivity contribution in [1.29, 1.82) is 0 Å². The highest BCUT2D eigenvalue weighted by Crippen LogP contribution is 2.28. The molecule has 2 aromatic carbocycles. The summed E-state index contributed by atoms with van der Waals surface area (Å²) >= 11 is 1.72. The summed E-state index contributed by atoms with van der Waals surface area (Å²) in [5, 5.41) is 15.9. The van der Waals surface area contributed by atoms with Crippen molar-refractivity contribution in [1.82, 2.24) is 30.1 Å². The Morgan fingerprint density at radius 2 is 1.91 bits per heavy atom. The number of aromatic amines is 1. The molecule has 0 aliphatic heterocycles. The van der Waals surface area contributed by atoms with Gasteiger partial charge in [-0.25, -0.2) is 4.68 Å². The second-order valence-corrected chi connectivity index (χ2v) is 9.78. The van der Waals surface area contributed by atoms with Crippen molar-refractivity contribution < 1.29 is 0 Å². The van der Waals surface area contributed by atoms with Gasteiger partial charge >= 0.3 is 0 Å². The molecule has 0 amide bonds. The maximum absolute atomic E-state index is 13.1. The largest absolute Gasteiger partial charge is 0.321 e. The predicted molar refractivity (Wildman–Crippen MR) is 139 cm³/mol. The number of nitrogens with zero attached hydrogens (tertiary/aromatic N) is 5. The molecule has 0 saturated heterocycles. The Kier molecular flexibility index (Phi) is 6.83. The number of pyridine rings is 1. The van der Waals surface area contributed by atoms with E-state index in [1.54, 1.807) is 11.3 Å². The molecule has 35 heavy (non-hydrogen) atoms. The zero-order valence-electron chi connectivity index (χ0n) is 19.9. The van der Waals surface area contributed by atoms with Crippen LogP contribution in [0.3, 0.4) is 0 Å². The monoisotopic (exact) mass is 484 g/mol. The van der Waals surface area contributed by atoms with E-state index in [1.165, 1.54) is 4.88 Å². The average molecular weight is 485 g/mol. The van der Waals surface area contributed by atoms with Crippen LogP contribution in [0.25, 0.3) is 10.9 Å². The van der Waals surface area contributed by atoms with E-state index in [0.717, 1.165) is 39.8 Å². The molecule has 1 atom stereocenters. The van der Waals surface area contributed by atoms with Gasteiger partial charge in [0.15, 0.2) is 5.82 Å². The number of hydrogen-bond acceptors (Lipinski definition) is 6. The molecule has 0 fully saturated rings. The number of thiophene rings is 1. The lowest BCUT2D eigenvalue weighted by Crippen LogP contribution is -2.32. The highest BCUT2D eigenvalue weighted by atomic mass is 32.1. The Bertz CT molecular complexity index is 1460. The van der Waals surface area contributed by atoms with E-state index in [1.807, 2.05) is 54.1 Å². The van der Waals surface area contributed by atoms with Crippen molar-refractivity contribution in [2.75, 3.05) is 0 Å². The molecule has 0 saturated carbocycles. The number of hydrogen-bond donors (Lipinski definition) is 1. The lowest BCUT2D eigenvalue weighted by atomic mass is 10.1. The molecule has 1 N–H and O–H groups in total. The van der Waals surface area contributed by atoms with Gasteiger partial charge in [0, 0.05) is 23.5 Å². The van der Waals surface area contributed by atoms with Crippen LogP contribution in [0, 0.1) is 6.92 Å². The van der Waals surface area contributed by atoms with Gasteiger partial charge in [-0.1, -0.05) is 61.5 Å². The predicted octanol–water partition coefficient (Wildman–Crippen LogP) is 5.09. The molecule has 0 radical (unpaired) electrons. The highest BCUT2D eigenvalue weighted by molar-refractivity contribution is 7.09. The van der Waals surface area contributed by atoms with Crippen LogP contribution in [-0.4, -0.2) is 30.1 Å². The summed E-state index contributed by atoms with van der Waals surface area (Å²) in [5.74, 6) is 0.806. The molecule has 3 heterocycles. The van der Waals surface area contributed by atoms with Crippen molar-refractivity contribution in [3.05, 3.63) is 110 Å². The maximum atomic E-state index is 13.1. The third-order valence-electron chi connectivity index (χ3n) is 6.34.